The molecule has 5 heteroatoms. The van der Waals surface area contributed by atoms with Crippen LogP contribution in [-0.2, 0) is 4.79 Å². The lowest BCUT2D eigenvalue weighted by Gasteiger charge is -2.33. The van der Waals surface area contributed by atoms with Crippen molar-refractivity contribution in [3.63, 3.8) is 0 Å². The van der Waals surface area contributed by atoms with Crippen molar-refractivity contribution >= 4 is 23.2 Å². The highest BCUT2D eigenvalue weighted by atomic mass is 32.1. The SMILES string of the molecule is O=C(NC1CCN(C(=O)c2ccc(-c3cccs3)cc2)CC1)C1CCCC1. The summed E-state index contributed by atoms with van der Waals surface area (Å²) >= 11 is 1.70. The molecule has 2 fully saturated rings. The maximum Gasteiger partial charge on any atom is 0.253 e. The van der Waals surface area contributed by atoms with Crippen LogP contribution in [0.4, 0.5) is 0 Å². The van der Waals surface area contributed by atoms with Crippen molar-refractivity contribution in [2.24, 2.45) is 5.92 Å². The first-order valence-corrected chi connectivity index (χ1v) is 10.8. The third-order valence-electron chi connectivity index (χ3n) is 5.79. The van der Waals surface area contributed by atoms with Crippen LogP contribution in [0.1, 0.15) is 48.9 Å². The Hall–Kier alpha value is -2.14. The average molecular weight is 383 g/mol. The van der Waals surface area contributed by atoms with E-state index in [0.717, 1.165) is 36.8 Å². The molecule has 2 amide bonds. The third kappa shape index (κ3) is 4.24. The molecule has 0 radical (unpaired) electrons. The maximum atomic E-state index is 12.8. The predicted octanol–water partition coefficient (Wildman–Crippen LogP) is 4.33. The van der Waals surface area contributed by atoms with Gasteiger partial charge in [-0.2, -0.15) is 0 Å². The molecule has 2 heterocycles. The van der Waals surface area contributed by atoms with Gasteiger partial charge in [-0.25, -0.2) is 0 Å². The summed E-state index contributed by atoms with van der Waals surface area (Å²) in [4.78, 5) is 28.2. The second-order valence-corrected chi connectivity index (χ2v) is 8.56. The number of carbonyl (C=O) groups is 2. The molecule has 1 saturated heterocycles. The predicted molar refractivity (Wildman–Crippen MR) is 109 cm³/mol. The number of thiophene rings is 1. The zero-order valence-electron chi connectivity index (χ0n) is 15.5. The van der Waals surface area contributed by atoms with E-state index < -0.39 is 0 Å². The summed E-state index contributed by atoms with van der Waals surface area (Å²) in [6.07, 6.45) is 6.11. The van der Waals surface area contributed by atoms with Gasteiger partial charge in [0.05, 0.1) is 0 Å². The Kier molecular flexibility index (Phi) is 5.58. The van der Waals surface area contributed by atoms with Crippen molar-refractivity contribution in [1.29, 1.82) is 0 Å². The largest absolute Gasteiger partial charge is 0.353 e. The molecule has 1 aromatic carbocycles. The molecule has 4 rings (SSSR count). The van der Waals surface area contributed by atoms with Crippen molar-refractivity contribution in [2.75, 3.05) is 13.1 Å². The van der Waals surface area contributed by atoms with E-state index in [1.165, 1.54) is 17.7 Å². The second-order valence-electron chi connectivity index (χ2n) is 7.61. The van der Waals surface area contributed by atoms with E-state index in [9.17, 15) is 9.59 Å². The van der Waals surface area contributed by atoms with Gasteiger partial charge in [0.1, 0.15) is 0 Å². The van der Waals surface area contributed by atoms with Crippen LogP contribution in [0, 0.1) is 5.92 Å². The van der Waals surface area contributed by atoms with E-state index in [-0.39, 0.29) is 23.8 Å². The van der Waals surface area contributed by atoms with Crippen LogP contribution in [0.25, 0.3) is 10.4 Å². The highest BCUT2D eigenvalue weighted by Crippen LogP contribution is 2.26. The standard InChI is InChI=1S/C22H26N2O2S/c25-21(17-4-1-2-5-17)23-19-11-13-24(14-12-19)22(26)18-9-7-16(8-10-18)20-6-3-15-27-20/h3,6-10,15,17,19H,1-2,4-5,11-14H2,(H,23,25). The lowest BCUT2D eigenvalue weighted by atomic mass is 10.0. The van der Waals surface area contributed by atoms with Crippen LogP contribution >= 0.6 is 11.3 Å². The molecule has 27 heavy (non-hydrogen) atoms. The van der Waals surface area contributed by atoms with Crippen LogP contribution in [-0.4, -0.2) is 35.8 Å². The zero-order chi connectivity index (χ0) is 18.6. The molecule has 0 atom stereocenters. The Bertz CT molecular complexity index is 771. The smallest absolute Gasteiger partial charge is 0.253 e. The number of likely N-dealkylation sites (tertiary alicyclic amines) is 1. The van der Waals surface area contributed by atoms with Gasteiger partial charge in [-0.05, 0) is 54.8 Å². The monoisotopic (exact) mass is 382 g/mol. The van der Waals surface area contributed by atoms with E-state index in [1.807, 2.05) is 35.2 Å². The molecule has 1 aliphatic carbocycles. The second kappa shape index (κ2) is 8.26. The quantitative estimate of drug-likeness (QED) is 0.856. The highest BCUT2D eigenvalue weighted by molar-refractivity contribution is 7.13. The summed E-state index contributed by atoms with van der Waals surface area (Å²) in [5.41, 5.74) is 1.89. The van der Waals surface area contributed by atoms with Crippen molar-refractivity contribution < 1.29 is 9.59 Å². The van der Waals surface area contributed by atoms with Gasteiger partial charge >= 0.3 is 0 Å². The maximum absolute atomic E-state index is 12.8. The number of hydrogen-bond acceptors (Lipinski definition) is 3. The Morgan fingerprint density at radius 2 is 1.67 bits per heavy atom. The Morgan fingerprint density at radius 3 is 2.30 bits per heavy atom. The molecule has 1 saturated carbocycles. The number of rotatable bonds is 4. The third-order valence-corrected chi connectivity index (χ3v) is 6.71. The first-order chi connectivity index (χ1) is 13.2. The van der Waals surface area contributed by atoms with E-state index in [1.54, 1.807) is 11.3 Å². The summed E-state index contributed by atoms with van der Waals surface area (Å²) in [5.74, 6) is 0.529. The van der Waals surface area contributed by atoms with Crippen LogP contribution in [0.2, 0.25) is 0 Å². The number of nitrogens with zero attached hydrogens (tertiary/aromatic N) is 1. The van der Waals surface area contributed by atoms with Crippen LogP contribution in [0.5, 0.6) is 0 Å². The fraction of sp³-hybridized carbons (Fsp3) is 0.455. The minimum Gasteiger partial charge on any atom is -0.353 e. The van der Waals surface area contributed by atoms with Crippen LogP contribution < -0.4 is 5.32 Å². The van der Waals surface area contributed by atoms with Gasteiger partial charge in [-0.1, -0.05) is 31.0 Å². The fourth-order valence-electron chi connectivity index (χ4n) is 4.14. The summed E-state index contributed by atoms with van der Waals surface area (Å²) in [6, 6.07) is 12.2. The van der Waals surface area contributed by atoms with Gasteiger partial charge in [0.25, 0.3) is 5.91 Å². The minimum absolute atomic E-state index is 0.0910. The first-order valence-electron chi connectivity index (χ1n) is 9.94. The number of benzene rings is 1. The number of carbonyl (C=O) groups excluding carboxylic acids is 2. The van der Waals surface area contributed by atoms with E-state index >= 15 is 0 Å². The molecule has 0 spiro atoms. The molecular weight excluding hydrogens is 356 g/mol. The van der Waals surface area contributed by atoms with Crippen LogP contribution in [0.3, 0.4) is 0 Å². The summed E-state index contributed by atoms with van der Waals surface area (Å²) in [7, 11) is 0. The molecule has 142 valence electrons. The normalized spacial score (nSPS) is 18.6. The fourth-order valence-corrected chi connectivity index (χ4v) is 4.87. The van der Waals surface area contributed by atoms with Gasteiger partial charge in [0, 0.05) is 35.5 Å². The molecule has 1 aromatic heterocycles. The molecular formula is C22H26N2O2S. The molecule has 0 bridgehead atoms. The Labute approximate surface area is 164 Å². The van der Waals surface area contributed by atoms with E-state index in [4.69, 9.17) is 0 Å². The molecule has 4 nitrogen and oxygen atoms in total. The zero-order valence-corrected chi connectivity index (χ0v) is 16.3. The molecule has 2 aliphatic rings. The summed E-state index contributed by atoms with van der Waals surface area (Å²) in [6.45, 7) is 1.42. The van der Waals surface area contributed by atoms with Crippen molar-refractivity contribution in [3.8, 4) is 10.4 Å². The minimum atomic E-state index is 0.0910. The molecule has 1 aliphatic heterocycles. The Morgan fingerprint density at radius 1 is 0.963 bits per heavy atom. The van der Waals surface area contributed by atoms with Crippen molar-refractivity contribution in [1.82, 2.24) is 10.2 Å². The lowest BCUT2D eigenvalue weighted by Crippen LogP contribution is -2.47. The molecule has 1 N–H and O–H groups in total. The van der Waals surface area contributed by atoms with Crippen molar-refractivity contribution in [2.45, 2.75) is 44.6 Å². The van der Waals surface area contributed by atoms with E-state index in [0.29, 0.717) is 13.1 Å². The van der Waals surface area contributed by atoms with Gasteiger partial charge in [-0.15, -0.1) is 11.3 Å². The molecule has 0 unspecified atom stereocenters. The number of nitrogens with one attached hydrogen (secondary N) is 1. The number of amides is 2. The van der Waals surface area contributed by atoms with E-state index in [2.05, 4.69) is 16.8 Å². The topological polar surface area (TPSA) is 49.4 Å². The number of piperidine rings is 1. The van der Waals surface area contributed by atoms with Gasteiger partial charge in [0.15, 0.2) is 0 Å². The van der Waals surface area contributed by atoms with Crippen LogP contribution in [0.15, 0.2) is 41.8 Å². The summed E-state index contributed by atoms with van der Waals surface area (Å²) < 4.78 is 0. The Balaban J connectivity index is 1.30. The average Bonchev–Trinajstić information content (AvgIpc) is 3.42. The van der Waals surface area contributed by atoms with Gasteiger partial charge in [-0.3, -0.25) is 9.59 Å². The van der Waals surface area contributed by atoms with Gasteiger partial charge < -0.3 is 10.2 Å². The van der Waals surface area contributed by atoms with Crippen molar-refractivity contribution in [3.05, 3.63) is 47.3 Å². The van der Waals surface area contributed by atoms with Gasteiger partial charge in [0.2, 0.25) is 5.91 Å². The lowest BCUT2D eigenvalue weighted by molar-refractivity contribution is -0.125. The number of hydrogen-bond donors (Lipinski definition) is 1. The highest BCUT2D eigenvalue weighted by Gasteiger charge is 2.28. The summed E-state index contributed by atoms with van der Waals surface area (Å²) in [5, 5.41) is 5.27. The first kappa shape index (κ1) is 18.2. The molecule has 2 aromatic rings.